The Hall–Kier alpha value is -0.150. The van der Waals surface area contributed by atoms with Gasteiger partial charge < -0.3 is 0 Å². The summed E-state index contributed by atoms with van der Waals surface area (Å²) in [4.78, 5) is 4.52. The first-order chi connectivity index (χ1) is 6.11. The van der Waals surface area contributed by atoms with Gasteiger partial charge in [-0.05, 0) is 37.5 Å². The van der Waals surface area contributed by atoms with Crippen molar-refractivity contribution >= 4 is 25.3 Å². The monoisotopic (exact) mass is 213 g/mol. The number of rotatable bonds is 2. The molecule has 0 aliphatic carbocycles. The van der Waals surface area contributed by atoms with Crippen LogP contribution in [0.15, 0.2) is 0 Å². The molecule has 72 valence electrons. The van der Waals surface area contributed by atoms with Crippen LogP contribution >= 0.6 is 25.3 Å². The molecule has 1 aromatic heterocycles. The Morgan fingerprint density at radius 2 is 1.23 bits per heavy atom. The lowest BCUT2D eigenvalue weighted by Crippen LogP contribution is -2.02. The quantitative estimate of drug-likeness (QED) is 0.720. The third kappa shape index (κ3) is 2.02. The maximum Gasteiger partial charge on any atom is 0.0535 e. The molecule has 1 heterocycles. The van der Waals surface area contributed by atoms with Crippen molar-refractivity contribution in [2.75, 3.05) is 0 Å². The summed E-state index contributed by atoms with van der Waals surface area (Å²) in [5, 5.41) is 0. The van der Waals surface area contributed by atoms with Gasteiger partial charge in [-0.25, -0.2) is 0 Å². The molecule has 1 aromatic rings. The van der Waals surface area contributed by atoms with E-state index in [4.69, 9.17) is 0 Å². The third-order valence-corrected chi connectivity index (χ3v) is 3.16. The van der Waals surface area contributed by atoms with Gasteiger partial charge in [-0.1, -0.05) is 0 Å². The molecular formula is C10H15NS2. The fourth-order valence-electron chi connectivity index (χ4n) is 1.35. The second kappa shape index (κ2) is 4.38. The van der Waals surface area contributed by atoms with Crippen molar-refractivity contribution in [1.29, 1.82) is 0 Å². The molecule has 0 radical (unpaired) electrons. The zero-order valence-electron chi connectivity index (χ0n) is 8.26. The van der Waals surface area contributed by atoms with E-state index >= 15 is 0 Å². The predicted molar refractivity (Wildman–Crippen MR) is 63.8 cm³/mol. The van der Waals surface area contributed by atoms with E-state index in [0.29, 0.717) is 11.5 Å². The third-order valence-electron chi connectivity index (χ3n) is 2.56. The minimum absolute atomic E-state index is 0.702. The maximum atomic E-state index is 4.52. The SMILES string of the molecule is Cc1c(CS)nc(CS)c(C)c1C. The molecule has 0 N–H and O–H groups in total. The van der Waals surface area contributed by atoms with Crippen LogP contribution in [0.2, 0.25) is 0 Å². The van der Waals surface area contributed by atoms with Crippen molar-refractivity contribution in [3.63, 3.8) is 0 Å². The molecule has 0 unspecified atom stereocenters. The molecule has 0 spiro atoms. The molecule has 0 saturated heterocycles. The van der Waals surface area contributed by atoms with Gasteiger partial charge in [0.05, 0.1) is 11.4 Å². The molecule has 0 aliphatic heterocycles. The summed E-state index contributed by atoms with van der Waals surface area (Å²) >= 11 is 8.52. The van der Waals surface area contributed by atoms with Crippen LogP contribution in [0.1, 0.15) is 28.1 Å². The zero-order chi connectivity index (χ0) is 10.0. The van der Waals surface area contributed by atoms with Crippen LogP contribution in [0.4, 0.5) is 0 Å². The second-order valence-electron chi connectivity index (χ2n) is 3.20. The molecule has 0 bridgehead atoms. The van der Waals surface area contributed by atoms with Crippen molar-refractivity contribution in [3.05, 3.63) is 28.1 Å². The van der Waals surface area contributed by atoms with E-state index in [1.54, 1.807) is 0 Å². The number of pyridine rings is 1. The van der Waals surface area contributed by atoms with Gasteiger partial charge in [-0.2, -0.15) is 25.3 Å². The van der Waals surface area contributed by atoms with Crippen LogP contribution in [0.3, 0.4) is 0 Å². The molecule has 0 saturated carbocycles. The van der Waals surface area contributed by atoms with Gasteiger partial charge in [0.15, 0.2) is 0 Å². The van der Waals surface area contributed by atoms with Crippen molar-refractivity contribution in [3.8, 4) is 0 Å². The summed E-state index contributed by atoms with van der Waals surface area (Å²) in [6.45, 7) is 6.33. The lowest BCUT2D eigenvalue weighted by Gasteiger charge is -2.12. The topological polar surface area (TPSA) is 12.9 Å². The van der Waals surface area contributed by atoms with Gasteiger partial charge in [0, 0.05) is 11.5 Å². The average molecular weight is 213 g/mol. The fraction of sp³-hybridized carbons (Fsp3) is 0.500. The average Bonchev–Trinajstić information content (AvgIpc) is 2.15. The van der Waals surface area contributed by atoms with Gasteiger partial charge in [0.2, 0.25) is 0 Å². The van der Waals surface area contributed by atoms with Crippen molar-refractivity contribution in [2.45, 2.75) is 32.3 Å². The van der Waals surface area contributed by atoms with Gasteiger partial charge in [0.25, 0.3) is 0 Å². The Bertz CT molecular complexity index is 293. The van der Waals surface area contributed by atoms with Crippen LogP contribution in [0.5, 0.6) is 0 Å². The lowest BCUT2D eigenvalue weighted by molar-refractivity contribution is 1.01. The first-order valence-electron chi connectivity index (χ1n) is 4.29. The van der Waals surface area contributed by atoms with E-state index < -0.39 is 0 Å². The van der Waals surface area contributed by atoms with Gasteiger partial charge >= 0.3 is 0 Å². The number of thiol groups is 2. The van der Waals surface area contributed by atoms with E-state index in [0.717, 1.165) is 11.4 Å². The van der Waals surface area contributed by atoms with Crippen LogP contribution in [0.25, 0.3) is 0 Å². The highest BCUT2D eigenvalue weighted by molar-refractivity contribution is 7.79. The number of nitrogens with zero attached hydrogens (tertiary/aromatic N) is 1. The fourth-order valence-corrected chi connectivity index (χ4v) is 1.97. The Morgan fingerprint density at radius 3 is 1.54 bits per heavy atom. The van der Waals surface area contributed by atoms with E-state index in [1.165, 1.54) is 16.7 Å². The van der Waals surface area contributed by atoms with Gasteiger partial charge in [-0.15, -0.1) is 0 Å². The molecule has 0 aliphatic rings. The Kier molecular flexibility index (Phi) is 3.68. The highest BCUT2D eigenvalue weighted by atomic mass is 32.1. The molecule has 1 rings (SSSR count). The zero-order valence-corrected chi connectivity index (χ0v) is 10.0. The molecule has 0 aromatic carbocycles. The van der Waals surface area contributed by atoms with Crippen LogP contribution in [-0.2, 0) is 11.5 Å². The van der Waals surface area contributed by atoms with Gasteiger partial charge in [0.1, 0.15) is 0 Å². The van der Waals surface area contributed by atoms with E-state index in [9.17, 15) is 0 Å². The van der Waals surface area contributed by atoms with Crippen molar-refractivity contribution in [2.24, 2.45) is 0 Å². The van der Waals surface area contributed by atoms with Crippen molar-refractivity contribution in [1.82, 2.24) is 4.98 Å². The number of aromatic nitrogens is 1. The first-order valence-corrected chi connectivity index (χ1v) is 5.55. The summed E-state index contributed by atoms with van der Waals surface area (Å²) in [5.74, 6) is 1.40. The van der Waals surface area contributed by atoms with Gasteiger partial charge in [-0.3, -0.25) is 4.98 Å². The smallest absolute Gasteiger partial charge is 0.0535 e. The first kappa shape index (κ1) is 10.9. The molecule has 0 fully saturated rings. The minimum Gasteiger partial charge on any atom is -0.256 e. The lowest BCUT2D eigenvalue weighted by atomic mass is 10.0. The normalized spacial score (nSPS) is 10.5. The minimum atomic E-state index is 0.702. The van der Waals surface area contributed by atoms with E-state index in [-0.39, 0.29) is 0 Å². The molecule has 0 amide bonds. The van der Waals surface area contributed by atoms with E-state index in [2.05, 4.69) is 51.0 Å². The molecule has 1 nitrogen and oxygen atoms in total. The highest BCUT2D eigenvalue weighted by Gasteiger charge is 2.08. The van der Waals surface area contributed by atoms with E-state index in [1.807, 2.05) is 0 Å². The summed E-state index contributed by atoms with van der Waals surface area (Å²) < 4.78 is 0. The molecule has 0 atom stereocenters. The predicted octanol–water partition coefficient (Wildman–Crippen LogP) is 2.87. The van der Waals surface area contributed by atoms with Crippen LogP contribution in [-0.4, -0.2) is 4.98 Å². The molecule has 3 heteroatoms. The summed E-state index contributed by atoms with van der Waals surface area (Å²) in [6.07, 6.45) is 0. The maximum absolute atomic E-state index is 4.52. The summed E-state index contributed by atoms with van der Waals surface area (Å²) in [5.41, 5.74) is 6.00. The van der Waals surface area contributed by atoms with Crippen LogP contribution in [0, 0.1) is 20.8 Å². The molecular weight excluding hydrogens is 198 g/mol. The standard InChI is InChI=1S/C10H15NS2/c1-6-7(2)9(4-12)11-10(5-13)8(6)3/h12-13H,4-5H2,1-3H3. The summed E-state index contributed by atoms with van der Waals surface area (Å²) in [7, 11) is 0. The number of hydrogen-bond donors (Lipinski definition) is 2. The summed E-state index contributed by atoms with van der Waals surface area (Å²) in [6, 6.07) is 0. The Labute approximate surface area is 90.8 Å². The van der Waals surface area contributed by atoms with Crippen molar-refractivity contribution < 1.29 is 0 Å². The highest BCUT2D eigenvalue weighted by Crippen LogP contribution is 2.20. The second-order valence-corrected chi connectivity index (χ2v) is 3.83. The molecule has 13 heavy (non-hydrogen) atoms. The largest absolute Gasteiger partial charge is 0.256 e. The Balaban J connectivity index is 3.36. The number of hydrogen-bond acceptors (Lipinski definition) is 3. The van der Waals surface area contributed by atoms with Crippen LogP contribution < -0.4 is 0 Å². The Morgan fingerprint density at radius 1 is 0.846 bits per heavy atom.